The molecule has 0 amide bonds. The predicted molar refractivity (Wildman–Crippen MR) is 57.4 cm³/mol. The van der Waals surface area contributed by atoms with Gasteiger partial charge in [0.25, 0.3) is 0 Å². The second kappa shape index (κ2) is 4.26. The number of aromatic nitrogens is 2. The lowest BCUT2D eigenvalue weighted by molar-refractivity contribution is 0.568. The molecule has 1 aliphatic heterocycles. The van der Waals surface area contributed by atoms with Crippen LogP contribution in [-0.4, -0.2) is 23.1 Å². The molecule has 0 aliphatic carbocycles. The van der Waals surface area contributed by atoms with Gasteiger partial charge >= 0.3 is 0 Å². The molecule has 15 heavy (non-hydrogen) atoms. The van der Waals surface area contributed by atoms with Crippen molar-refractivity contribution in [1.29, 1.82) is 5.26 Å². The Bertz CT molecular complexity index is 365. The monoisotopic (exact) mass is 202 g/mol. The highest BCUT2D eigenvalue weighted by atomic mass is 15.2. The summed E-state index contributed by atoms with van der Waals surface area (Å²) in [6.45, 7) is 4.34. The number of nitrogens with zero attached hydrogens (tertiary/aromatic N) is 4. The maximum atomic E-state index is 8.61. The summed E-state index contributed by atoms with van der Waals surface area (Å²) in [7, 11) is 0. The van der Waals surface area contributed by atoms with E-state index in [-0.39, 0.29) is 0 Å². The van der Waals surface area contributed by atoms with Gasteiger partial charge in [0.2, 0.25) is 0 Å². The molecule has 78 valence electrons. The first-order chi connectivity index (χ1) is 7.33. The Hall–Kier alpha value is -1.63. The third-order valence-electron chi connectivity index (χ3n) is 2.94. The molecule has 0 bridgehead atoms. The van der Waals surface area contributed by atoms with E-state index >= 15 is 0 Å². The Labute approximate surface area is 89.6 Å². The molecule has 0 N–H and O–H groups in total. The Morgan fingerprint density at radius 2 is 2.40 bits per heavy atom. The van der Waals surface area contributed by atoms with E-state index in [1.165, 1.54) is 19.0 Å². The second-order valence-corrected chi connectivity index (χ2v) is 3.88. The molecule has 1 atom stereocenters. The number of rotatable bonds is 2. The van der Waals surface area contributed by atoms with E-state index in [1.807, 2.05) is 6.07 Å². The fraction of sp³-hybridized carbons (Fsp3) is 0.545. The Kier molecular flexibility index (Phi) is 2.82. The number of anilines is 1. The maximum Gasteiger partial charge on any atom is 0.158 e. The van der Waals surface area contributed by atoms with Crippen LogP contribution in [0.4, 0.5) is 5.82 Å². The van der Waals surface area contributed by atoms with Gasteiger partial charge in [0.1, 0.15) is 11.9 Å². The molecule has 1 aromatic rings. The molecular weight excluding hydrogens is 188 g/mol. The van der Waals surface area contributed by atoms with Gasteiger partial charge in [0.05, 0.1) is 12.4 Å². The quantitative estimate of drug-likeness (QED) is 0.730. The fourth-order valence-corrected chi connectivity index (χ4v) is 1.92. The van der Waals surface area contributed by atoms with E-state index in [9.17, 15) is 0 Å². The molecule has 4 heteroatoms. The van der Waals surface area contributed by atoms with Crippen LogP contribution >= 0.6 is 0 Å². The van der Waals surface area contributed by atoms with Crippen LogP contribution in [-0.2, 0) is 0 Å². The fourth-order valence-electron chi connectivity index (χ4n) is 1.92. The van der Waals surface area contributed by atoms with Crippen LogP contribution < -0.4 is 4.90 Å². The number of nitriles is 1. The molecule has 0 saturated carbocycles. The van der Waals surface area contributed by atoms with Crippen molar-refractivity contribution in [3.8, 4) is 6.07 Å². The summed E-state index contributed by atoms with van der Waals surface area (Å²) in [5.74, 6) is 1.67. The molecule has 0 radical (unpaired) electrons. The summed E-state index contributed by atoms with van der Waals surface area (Å²) in [5.41, 5.74) is 0.380. The van der Waals surface area contributed by atoms with Gasteiger partial charge in [-0.05, 0) is 12.3 Å². The smallest absolute Gasteiger partial charge is 0.158 e. The zero-order valence-electron chi connectivity index (χ0n) is 8.85. The molecule has 2 rings (SSSR count). The highest BCUT2D eigenvalue weighted by Crippen LogP contribution is 2.23. The second-order valence-electron chi connectivity index (χ2n) is 3.88. The predicted octanol–water partition coefficient (Wildman–Crippen LogP) is 1.58. The SMILES string of the molecule is CCC1CCN(c2cnc(C#N)cn2)C1. The lowest BCUT2D eigenvalue weighted by atomic mass is 10.1. The summed E-state index contributed by atoms with van der Waals surface area (Å²) < 4.78 is 0. The van der Waals surface area contributed by atoms with Crippen LogP contribution in [0, 0.1) is 17.2 Å². The van der Waals surface area contributed by atoms with Crippen molar-refractivity contribution < 1.29 is 0 Å². The van der Waals surface area contributed by atoms with E-state index in [0.717, 1.165) is 24.8 Å². The average molecular weight is 202 g/mol. The summed E-state index contributed by atoms with van der Waals surface area (Å²) in [6, 6.07) is 1.97. The topological polar surface area (TPSA) is 52.8 Å². The van der Waals surface area contributed by atoms with Crippen LogP contribution in [0.1, 0.15) is 25.5 Å². The van der Waals surface area contributed by atoms with Gasteiger partial charge in [-0.25, -0.2) is 9.97 Å². The van der Waals surface area contributed by atoms with E-state index in [1.54, 1.807) is 6.20 Å². The lowest BCUT2D eigenvalue weighted by Gasteiger charge is -2.16. The molecule has 4 nitrogen and oxygen atoms in total. The zero-order valence-corrected chi connectivity index (χ0v) is 8.85. The Balaban J connectivity index is 2.08. The Morgan fingerprint density at radius 1 is 1.53 bits per heavy atom. The van der Waals surface area contributed by atoms with Crippen LogP contribution in [0.2, 0.25) is 0 Å². The first kappa shape index (κ1) is 9.91. The minimum atomic E-state index is 0.380. The van der Waals surface area contributed by atoms with Crippen molar-refractivity contribution in [3.63, 3.8) is 0 Å². The summed E-state index contributed by atoms with van der Waals surface area (Å²) >= 11 is 0. The van der Waals surface area contributed by atoms with Crippen LogP contribution in [0.5, 0.6) is 0 Å². The van der Waals surface area contributed by atoms with E-state index in [0.29, 0.717) is 5.69 Å². The van der Waals surface area contributed by atoms with Crippen LogP contribution in [0.15, 0.2) is 12.4 Å². The number of hydrogen-bond donors (Lipinski definition) is 0. The molecule has 1 unspecified atom stereocenters. The van der Waals surface area contributed by atoms with Gasteiger partial charge in [0, 0.05) is 13.1 Å². The van der Waals surface area contributed by atoms with Gasteiger partial charge < -0.3 is 4.90 Å². The highest BCUT2D eigenvalue weighted by molar-refractivity contribution is 5.38. The highest BCUT2D eigenvalue weighted by Gasteiger charge is 2.21. The molecule has 0 spiro atoms. The van der Waals surface area contributed by atoms with Crippen molar-refractivity contribution in [1.82, 2.24) is 9.97 Å². The van der Waals surface area contributed by atoms with Gasteiger partial charge in [-0.3, -0.25) is 0 Å². The van der Waals surface area contributed by atoms with Gasteiger partial charge in [-0.2, -0.15) is 5.26 Å². The minimum Gasteiger partial charge on any atom is -0.355 e. The molecular formula is C11H14N4. The third-order valence-corrected chi connectivity index (χ3v) is 2.94. The van der Waals surface area contributed by atoms with Crippen molar-refractivity contribution in [3.05, 3.63) is 18.1 Å². The first-order valence-corrected chi connectivity index (χ1v) is 5.30. The third kappa shape index (κ3) is 2.07. The van der Waals surface area contributed by atoms with E-state index in [4.69, 9.17) is 5.26 Å². The van der Waals surface area contributed by atoms with Gasteiger partial charge in [0.15, 0.2) is 5.69 Å². The van der Waals surface area contributed by atoms with Crippen molar-refractivity contribution in [2.75, 3.05) is 18.0 Å². The standard InChI is InChI=1S/C11H14N4/c1-2-9-3-4-15(8-9)11-7-13-10(5-12)6-14-11/h6-7,9H,2-4,8H2,1H3. The maximum absolute atomic E-state index is 8.61. The van der Waals surface area contributed by atoms with Crippen molar-refractivity contribution in [2.24, 2.45) is 5.92 Å². The number of hydrogen-bond acceptors (Lipinski definition) is 4. The van der Waals surface area contributed by atoms with Crippen molar-refractivity contribution in [2.45, 2.75) is 19.8 Å². The zero-order chi connectivity index (χ0) is 10.7. The molecule has 1 aromatic heterocycles. The summed E-state index contributed by atoms with van der Waals surface area (Å²) in [4.78, 5) is 10.5. The molecule has 0 aromatic carbocycles. The van der Waals surface area contributed by atoms with Gasteiger partial charge in [-0.15, -0.1) is 0 Å². The molecule has 2 heterocycles. The lowest BCUT2D eigenvalue weighted by Crippen LogP contribution is -2.20. The largest absolute Gasteiger partial charge is 0.355 e. The first-order valence-electron chi connectivity index (χ1n) is 5.30. The van der Waals surface area contributed by atoms with Crippen LogP contribution in [0.3, 0.4) is 0 Å². The van der Waals surface area contributed by atoms with E-state index < -0.39 is 0 Å². The van der Waals surface area contributed by atoms with Gasteiger partial charge in [-0.1, -0.05) is 13.3 Å². The average Bonchev–Trinajstić information content (AvgIpc) is 2.78. The minimum absolute atomic E-state index is 0.380. The normalized spacial score (nSPS) is 20.3. The van der Waals surface area contributed by atoms with Crippen LogP contribution in [0.25, 0.3) is 0 Å². The summed E-state index contributed by atoms with van der Waals surface area (Å²) in [5, 5.41) is 8.61. The molecule has 1 aliphatic rings. The Morgan fingerprint density at radius 3 is 2.93 bits per heavy atom. The van der Waals surface area contributed by atoms with Crippen molar-refractivity contribution >= 4 is 5.82 Å². The molecule has 1 fully saturated rings. The van der Waals surface area contributed by atoms with E-state index in [2.05, 4.69) is 21.8 Å². The molecule has 1 saturated heterocycles. The summed E-state index contributed by atoms with van der Waals surface area (Å²) in [6.07, 6.45) is 5.68.